The van der Waals surface area contributed by atoms with Gasteiger partial charge in [-0.2, -0.15) is 0 Å². The number of aryl methyl sites for hydroxylation is 2. The summed E-state index contributed by atoms with van der Waals surface area (Å²) in [5, 5.41) is 5.09. The van der Waals surface area contributed by atoms with E-state index in [0.29, 0.717) is 0 Å². The molecule has 0 aliphatic carbocycles. The number of anilines is 3. The molecule has 0 aromatic heterocycles. The Morgan fingerprint density at radius 1 is 0.366 bits per heavy atom. The van der Waals surface area contributed by atoms with E-state index in [1.807, 2.05) is 0 Å². The highest BCUT2D eigenvalue weighted by Gasteiger charge is 2.18. The van der Waals surface area contributed by atoms with Crippen molar-refractivity contribution < 1.29 is 0 Å². The van der Waals surface area contributed by atoms with Crippen LogP contribution in [0.5, 0.6) is 0 Å². The second-order valence-electron chi connectivity index (χ2n) is 10.8. The first-order valence-corrected chi connectivity index (χ1v) is 14.2. The fourth-order valence-corrected chi connectivity index (χ4v) is 5.87. The molecule has 0 spiro atoms. The molecular weight excluding hydrogens is 494 g/mol. The Morgan fingerprint density at radius 2 is 0.902 bits per heavy atom. The predicted octanol–water partition coefficient (Wildman–Crippen LogP) is 11.4. The largest absolute Gasteiger partial charge is 0.310 e. The van der Waals surface area contributed by atoms with Crippen LogP contribution < -0.4 is 4.90 Å². The van der Waals surface area contributed by atoms with Gasteiger partial charge in [-0.25, -0.2) is 0 Å². The first kappa shape index (κ1) is 24.9. The maximum atomic E-state index is 2.36. The molecule has 0 saturated carbocycles. The molecule has 196 valence electrons. The number of hydrogen-bond donors (Lipinski definition) is 0. The Hall–Kier alpha value is -5.14. The van der Waals surface area contributed by atoms with Gasteiger partial charge in [0.15, 0.2) is 0 Å². The van der Waals surface area contributed by atoms with Crippen molar-refractivity contribution in [2.24, 2.45) is 0 Å². The third kappa shape index (κ3) is 4.66. The van der Waals surface area contributed by atoms with Crippen molar-refractivity contribution >= 4 is 38.6 Å². The fourth-order valence-electron chi connectivity index (χ4n) is 5.87. The lowest BCUT2D eigenvalue weighted by atomic mass is 9.88. The van der Waals surface area contributed by atoms with Crippen molar-refractivity contribution in [3.05, 3.63) is 163 Å². The summed E-state index contributed by atoms with van der Waals surface area (Å²) in [6.45, 7) is 4.27. The Morgan fingerprint density at radius 3 is 1.56 bits per heavy atom. The highest BCUT2D eigenvalue weighted by Crippen LogP contribution is 2.43. The van der Waals surface area contributed by atoms with E-state index in [0.717, 1.165) is 17.1 Å². The van der Waals surface area contributed by atoms with Gasteiger partial charge in [0.25, 0.3) is 0 Å². The fraction of sp³-hybridized carbons (Fsp3) is 0.0500. The predicted molar refractivity (Wildman–Crippen MR) is 176 cm³/mol. The molecule has 1 heteroatoms. The summed E-state index contributed by atoms with van der Waals surface area (Å²) in [4.78, 5) is 2.35. The summed E-state index contributed by atoms with van der Waals surface area (Å²) in [6, 6.07) is 55.1. The van der Waals surface area contributed by atoms with Gasteiger partial charge < -0.3 is 4.90 Å². The molecule has 0 aliphatic heterocycles. The minimum absolute atomic E-state index is 1.13. The van der Waals surface area contributed by atoms with Crippen LogP contribution in [-0.2, 0) is 0 Å². The summed E-state index contributed by atoms with van der Waals surface area (Å²) >= 11 is 0. The summed E-state index contributed by atoms with van der Waals surface area (Å²) < 4.78 is 0. The zero-order valence-corrected chi connectivity index (χ0v) is 23.4. The number of fused-ring (bicyclic) bond motifs is 3. The van der Waals surface area contributed by atoms with E-state index < -0.39 is 0 Å². The van der Waals surface area contributed by atoms with Crippen LogP contribution >= 0.6 is 0 Å². The average molecular weight is 526 g/mol. The molecule has 0 atom stereocenters. The molecule has 7 aromatic carbocycles. The quantitative estimate of drug-likeness (QED) is 0.202. The second-order valence-corrected chi connectivity index (χ2v) is 10.8. The van der Waals surface area contributed by atoms with Crippen LogP contribution in [0.2, 0.25) is 0 Å². The third-order valence-electron chi connectivity index (χ3n) is 7.99. The van der Waals surface area contributed by atoms with Gasteiger partial charge >= 0.3 is 0 Å². The van der Waals surface area contributed by atoms with E-state index in [1.54, 1.807) is 0 Å². The van der Waals surface area contributed by atoms with Gasteiger partial charge in [-0.3, -0.25) is 0 Å². The van der Waals surface area contributed by atoms with Crippen molar-refractivity contribution in [1.29, 1.82) is 0 Å². The van der Waals surface area contributed by atoms with Crippen molar-refractivity contribution in [2.75, 3.05) is 4.90 Å². The minimum Gasteiger partial charge on any atom is -0.310 e. The van der Waals surface area contributed by atoms with Gasteiger partial charge in [0.1, 0.15) is 0 Å². The first-order chi connectivity index (χ1) is 20.2. The highest BCUT2D eigenvalue weighted by atomic mass is 15.1. The van der Waals surface area contributed by atoms with Gasteiger partial charge in [-0.15, -0.1) is 0 Å². The van der Waals surface area contributed by atoms with Crippen molar-refractivity contribution in [1.82, 2.24) is 0 Å². The Labute approximate surface area is 242 Å². The lowest BCUT2D eigenvalue weighted by molar-refractivity contribution is 1.27. The van der Waals surface area contributed by atoms with Crippen molar-refractivity contribution in [2.45, 2.75) is 13.8 Å². The monoisotopic (exact) mass is 525 g/mol. The van der Waals surface area contributed by atoms with Gasteiger partial charge in [0.2, 0.25) is 0 Å². The molecule has 7 aromatic rings. The van der Waals surface area contributed by atoms with Gasteiger partial charge in [-0.05, 0) is 100 Å². The van der Waals surface area contributed by atoms with Crippen molar-refractivity contribution in [3.8, 4) is 22.3 Å². The van der Waals surface area contributed by atoms with E-state index >= 15 is 0 Å². The van der Waals surface area contributed by atoms with E-state index in [4.69, 9.17) is 0 Å². The molecule has 0 N–H and O–H groups in total. The lowest BCUT2D eigenvalue weighted by Gasteiger charge is -2.27. The van der Waals surface area contributed by atoms with E-state index in [9.17, 15) is 0 Å². The van der Waals surface area contributed by atoms with Crippen LogP contribution in [0.4, 0.5) is 17.1 Å². The molecule has 0 fully saturated rings. The molecule has 0 heterocycles. The lowest BCUT2D eigenvalue weighted by Crippen LogP contribution is -2.10. The SMILES string of the molecule is Cc1ccc(N(c2ccc(C)cc2)c2ccc(-c3cc4ccccc4c4ccccc34)c(-c3ccccc3)c2)cc1. The normalized spacial score (nSPS) is 11.2. The van der Waals surface area contributed by atoms with Gasteiger partial charge in [0, 0.05) is 17.1 Å². The summed E-state index contributed by atoms with van der Waals surface area (Å²) in [6.07, 6.45) is 0. The topological polar surface area (TPSA) is 3.24 Å². The Balaban J connectivity index is 1.49. The molecule has 0 radical (unpaired) electrons. The molecular formula is C40H31N. The summed E-state index contributed by atoms with van der Waals surface area (Å²) in [7, 11) is 0. The van der Waals surface area contributed by atoms with Crippen LogP contribution in [0.15, 0.2) is 152 Å². The number of benzene rings is 7. The molecule has 7 rings (SSSR count). The zero-order chi connectivity index (χ0) is 27.8. The minimum atomic E-state index is 1.13. The number of nitrogens with zero attached hydrogens (tertiary/aromatic N) is 1. The van der Waals surface area contributed by atoms with Gasteiger partial charge in [-0.1, -0.05) is 120 Å². The van der Waals surface area contributed by atoms with Gasteiger partial charge in [0.05, 0.1) is 0 Å². The van der Waals surface area contributed by atoms with Crippen LogP contribution in [0.1, 0.15) is 11.1 Å². The molecule has 0 bridgehead atoms. The van der Waals surface area contributed by atoms with Crippen molar-refractivity contribution in [3.63, 3.8) is 0 Å². The molecule has 1 nitrogen and oxygen atoms in total. The summed E-state index contributed by atoms with van der Waals surface area (Å²) in [5.74, 6) is 0. The average Bonchev–Trinajstić information content (AvgIpc) is 3.03. The zero-order valence-electron chi connectivity index (χ0n) is 23.4. The van der Waals surface area contributed by atoms with E-state index in [2.05, 4.69) is 170 Å². The molecule has 0 aliphatic rings. The Kier molecular flexibility index (Phi) is 6.34. The van der Waals surface area contributed by atoms with E-state index in [1.165, 1.54) is 54.9 Å². The maximum absolute atomic E-state index is 2.36. The number of hydrogen-bond acceptors (Lipinski definition) is 1. The summed E-state index contributed by atoms with van der Waals surface area (Å²) in [5.41, 5.74) is 10.8. The van der Waals surface area contributed by atoms with Crippen LogP contribution in [0, 0.1) is 13.8 Å². The van der Waals surface area contributed by atoms with E-state index in [-0.39, 0.29) is 0 Å². The first-order valence-electron chi connectivity index (χ1n) is 14.2. The molecule has 41 heavy (non-hydrogen) atoms. The second kappa shape index (κ2) is 10.4. The van der Waals surface area contributed by atoms with Crippen LogP contribution in [-0.4, -0.2) is 0 Å². The molecule has 0 unspecified atom stereocenters. The third-order valence-corrected chi connectivity index (χ3v) is 7.99. The Bertz CT molecular complexity index is 1940. The van der Waals surface area contributed by atoms with Crippen LogP contribution in [0.3, 0.4) is 0 Å². The molecule has 0 saturated heterocycles. The maximum Gasteiger partial charge on any atom is 0.0468 e. The smallest absolute Gasteiger partial charge is 0.0468 e. The number of rotatable bonds is 5. The molecule has 0 amide bonds. The highest BCUT2D eigenvalue weighted by molar-refractivity contribution is 6.15. The standard InChI is InChI=1S/C40H31N/c1-28-16-20-32(21-17-28)41(33-22-18-29(2)19-23-33)34-24-25-38(39(27-34)30-10-4-3-5-11-30)40-26-31-12-6-7-13-35(31)36-14-8-9-15-37(36)40/h3-27H,1-2H3. The van der Waals surface area contributed by atoms with Crippen LogP contribution in [0.25, 0.3) is 43.8 Å².